The summed E-state index contributed by atoms with van der Waals surface area (Å²) in [5.74, 6) is -0.0171. The minimum Gasteiger partial charge on any atom is -0.508 e. The summed E-state index contributed by atoms with van der Waals surface area (Å²) >= 11 is 0. The van der Waals surface area contributed by atoms with Crippen LogP contribution in [0, 0.1) is 0 Å². The van der Waals surface area contributed by atoms with Gasteiger partial charge in [-0.2, -0.15) is 0 Å². The van der Waals surface area contributed by atoms with E-state index in [1.54, 1.807) is 6.07 Å². The zero-order chi connectivity index (χ0) is 13.8. The van der Waals surface area contributed by atoms with Gasteiger partial charge in [0.05, 0.1) is 5.69 Å². The molecule has 0 saturated heterocycles. The van der Waals surface area contributed by atoms with Gasteiger partial charge in [0.15, 0.2) is 0 Å². The molecule has 0 bridgehead atoms. The van der Waals surface area contributed by atoms with Crippen LogP contribution in [0.15, 0.2) is 41.4 Å². The molecule has 19 heavy (non-hydrogen) atoms. The quantitative estimate of drug-likeness (QED) is 0.599. The largest absolute Gasteiger partial charge is 0.508 e. The summed E-state index contributed by atoms with van der Waals surface area (Å²) in [6, 6.07) is 10.6. The van der Waals surface area contributed by atoms with Crippen molar-refractivity contribution in [3.8, 4) is 5.75 Å². The number of hydrogen-bond donors (Lipinski definition) is 2. The Bertz CT molecular complexity index is 610. The monoisotopic (exact) mass is 246 g/mol. The van der Waals surface area contributed by atoms with Crippen molar-refractivity contribution in [3.63, 3.8) is 0 Å². The lowest BCUT2D eigenvalue weighted by molar-refractivity contribution is 0.479. The van der Waals surface area contributed by atoms with E-state index in [-0.39, 0.29) is 11.2 Å². The zero-order valence-electron chi connectivity index (χ0n) is 10.4. The van der Waals surface area contributed by atoms with Crippen LogP contribution in [0.25, 0.3) is 0 Å². The third-order valence-corrected chi connectivity index (χ3v) is 2.72. The van der Waals surface area contributed by atoms with Crippen molar-refractivity contribution in [2.45, 2.75) is 6.54 Å². The summed E-state index contributed by atoms with van der Waals surface area (Å²) in [6.45, 7) is 0.497. The highest BCUT2D eigenvalue weighted by atomic mass is 16.3. The van der Waals surface area contributed by atoms with Crippen molar-refractivity contribution in [3.05, 3.63) is 47.5 Å². The Morgan fingerprint density at radius 2 is 1.84 bits per heavy atom. The van der Waals surface area contributed by atoms with E-state index in [4.69, 9.17) is 21.4 Å². The molecule has 90 valence electrons. The van der Waals surface area contributed by atoms with Gasteiger partial charge in [-0.1, -0.05) is 35.2 Å². The van der Waals surface area contributed by atoms with E-state index in [0.29, 0.717) is 17.6 Å². The molecule has 0 aliphatic carbocycles. The fourth-order valence-corrected chi connectivity index (χ4v) is 1.66. The maximum Gasteiger partial charge on any atom is 0.118 e. The molecular formula is C14H12B2N2O. The average molecular weight is 246 g/mol. The molecule has 4 radical (unpaired) electrons. The van der Waals surface area contributed by atoms with Gasteiger partial charge in [0.1, 0.15) is 21.4 Å². The first kappa shape index (κ1) is 13.4. The Hall–Kier alpha value is -2.00. The van der Waals surface area contributed by atoms with Gasteiger partial charge in [-0.3, -0.25) is 4.99 Å². The Kier molecular flexibility index (Phi) is 4.07. The van der Waals surface area contributed by atoms with Gasteiger partial charge in [0.2, 0.25) is 0 Å². The van der Waals surface area contributed by atoms with Gasteiger partial charge in [-0.25, -0.2) is 0 Å². The molecule has 5 heteroatoms. The summed E-state index contributed by atoms with van der Waals surface area (Å²) < 4.78 is 0. The van der Waals surface area contributed by atoms with Crippen LogP contribution in [-0.2, 0) is 6.54 Å². The average Bonchev–Trinajstić information content (AvgIpc) is 2.41. The topological polar surface area (TPSA) is 58.6 Å². The Morgan fingerprint density at radius 3 is 2.47 bits per heavy atom. The van der Waals surface area contributed by atoms with Crippen LogP contribution >= 0.6 is 0 Å². The van der Waals surface area contributed by atoms with E-state index in [1.165, 1.54) is 12.3 Å². The first-order valence-electron chi connectivity index (χ1n) is 5.81. The smallest absolute Gasteiger partial charge is 0.118 e. The fourth-order valence-electron chi connectivity index (χ4n) is 1.66. The molecule has 0 saturated carbocycles. The van der Waals surface area contributed by atoms with Gasteiger partial charge in [-0.05, 0) is 17.7 Å². The lowest BCUT2D eigenvalue weighted by Gasteiger charge is -2.05. The number of rotatable bonds is 3. The third kappa shape index (κ3) is 3.26. The van der Waals surface area contributed by atoms with E-state index < -0.39 is 0 Å². The van der Waals surface area contributed by atoms with Crippen LogP contribution in [0.1, 0.15) is 11.1 Å². The number of phenols is 1. The Labute approximate surface area is 115 Å². The number of benzene rings is 2. The second-order valence-electron chi connectivity index (χ2n) is 4.18. The van der Waals surface area contributed by atoms with Gasteiger partial charge < -0.3 is 10.8 Å². The lowest BCUT2D eigenvalue weighted by Crippen LogP contribution is -2.15. The molecule has 2 rings (SSSR count). The highest BCUT2D eigenvalue weighted by Crippen LogP contribution is 2.15. The Balaban J connectivity index is 2.27. The molecule has 3 nitrogen and oxygen atoms in total. The van der Waals surface area contributed by atoms with Gasteiger partial charge in [-0.15, -0.1) is 0 Å². The predicted octanol–water partition coefficient (Wildman–Crippen LogP) is 0.189. The zero-order valence-corrected chi connectivity index (χ0v) is 10.4. The minimum atomic E-state index is -0.0171. The van der Waals surface area contributed by atoms with Crippen molar-refractivity contribution in [1.82, 2.24) is 0 Å². The van der Waals surface area contributed by atoms with E-state index >= 15 is 0 Å². The van der Waals surface area contributed by atoms with E-state index in [9.17, 15) is 5.11 Å². The number of aliphatic imine (C=N–C) groups is 1. The third-order valence-electron chi connectivity index (χ3n) is 2.72. The fraction of sp³-hybridized carbons (Fsp3) is 0.0714. The highest BCUT2D eigenvalue weighted by molar-refractivity contribution is 6.39. The van der Waals surface area contributed by atoms with Crippen LogP contribution in [0.5, 0.6) is 5.75 Å². The van der Waals surface area contributed by atoms with Crippen LogP contribution in [0.4, 0.5) is 5.69 Å². The van der Waals surface area contributed by atoms with Crippen molar-refractivity contribution in [2.24, 2.45) is 10.7 Å². The number of phenolic OH excluding ortho intramolecular Hbond substituents is 1. The molecule has 0 atom stereocenters. The predicted molar refractivity (Wildman–Crippen MR) is 80.5 cm³/mol. The van der Waals surface area contributed by atoms with E-state index in [0.717, 1.165) is 11.3 Å². The van der Waals surface area contributed by atoms with Crippen LogP contribution in [0.3, 0.4) is 0 Å². The van der Waals surface area contributed by atoms with Crippen molar-refractivity contribution in [2.75, 3.05) is 0 Å². The first-order valence-corrected chi connectivity index (χ1v) is 5.81. The Morgan fingerprint density at radius 1 is 1.16 bits per heavy atom. The molecule has 0 unspecified atom stereocenters. The number of hydrogen-bond acceptors (Lipinski definition) is 3. The molecule has 0 aliphatic heterocycles. The second-order valence-corrected chi connectivity index (χ2v) is 4.18. The van der Waals surface area contributed by atoms with Crippen molar-refractivity contribution in [1.29, 1.82) is 0 Å². The molecule has 2 aromatic carbocycles. The van der Waals surface area contributed by atoms with E-state index in [1.807, 2.05) is 24.3 Å². The van der Waals surface area contributed by atoms with Gasteiger partial charge >= 0.3 is 0 Å². The number of nitrogens with zero attached hydrogens (tertiary/aromatic N) is 1. The standard InChI is InChI=1S/C14H12B2N2O/c15-11-5-10(14(19)13(16)6-11)8-18-12-3-1-9(7-17)2-4-12/h1-6,8,19H,7,17H2. The van der Waals surface area contributed by atoms with Gasteiger partial charge in [0.25, 0.3) is 0 Å². The molecule has 0 aliphatic rings. The van der Waals surface area contributed by atoms with E-state index in [2.05, 4.69) is 4.99 Å². The number of aromatic hydroxyl groups is 1. The molecule has 0 spiro atoms. The molecule has 3 N–H and O–H groups in total. The number of nitrogens with two attached hydrogens (primary N) is 1. The van der Waals surface area contributed by atoms with Crippen molar-refractivity contribution < 1.29 is 5.11 Å². The highest BCUT2D eigenvalue weighted by Gasteiger charge is 2.02. The lowest BCUT2D eigenvalue weighted by atomic mass is 9.85. The molecule has 0 amide bonds. The molecule has 0 aromatic heterocycles. The first-order chi connectivity index (χ1) is 9.10. The van der Waals surface area contributed by atoms with Crippen LogP contribution in [-0.4, -0.2) is 27.0 Å². The summed E-state index contributed by atoms with van der Waals surface area (Å²) in [4.78, 5) is 4.26. The summed E-state index contributed by atoms with van der Waals surface area (Å²) in [5, 5.41) is 9.79. The second kappa shape index (κ2) is 5.76. The minimum absolute atomic E-state index is 0.0171. The summed E-state index contributed by atoms with van der Waals surface area (Å²) in [5.41, 5.74) is 8.52. The van der Waals surface area contributed by atoms with Crippen LogP contribution in [0.2, 0.25) is 0 Å². The van der Waals surface area contributed by atoms with Gasteiger partial charge in [0, 0.05) is 18.3 Å². The molecular weight excluding hydrogens is 234 g/mol. The van der Waals surface area contributed by atoms with Crippen molar-refractivity contribution >= 4 is 38.5 Å². The summed E-state index contributed by atoms with van der Waals surface area (Å²) in [7, 11) is 11.3. The van der Waals surface area contributed by atoms with Crippen LogP contribution < -0.4 is 16.7 Å². The molecule has 2 aromatic rings. The summed E-state index contributed by atoms with van der Waals surface area (Å²) in [6.07, 6.45) is 1.53. The normalized spacial score (nSPS) is 11.0. The maximum absolute atomic E-state index is 9.79. The molecule has 0 fully saturated rings. The molecule has 0 heterocycles. The maximum atomic E-state index is 9.79. The SMILES string of the molecule is [B]c1cc([B])c(O)c(C=Nc2ccc(CN)cc2)c1.